The van der Waals surface area contributed by atoms with Crippen molar-refractivity contribution < 1.29 is 4.79 Å². The molecule has 2 N–H and O–H groups in total. The third kappa shape index (κ3) is 1.64. The molecule has 4 unspecified atom stereocenters. The molecule has 0 saturated heterocycles. The Kier molecular flexibility index (Phi) is 2.31. The van der Waals surface area contributed by atoms with Gasteiger partial charge in [0.2, 0.25) is 0 Å². The maximum Gasteiger partial charge on any atom is 0.271 e. The van der Waals surface area contributed by atoms with E-state index in [1.54, 1.807) is 13.2 Å². The molecule has 4 rings (SSSR count). The lowest BCUT2D eigenvalue weighted by atomic mass is 10.0. The number of carbonyl (C=O) groups is 1. The summed E-state index contributed by atoms with van der Waals surface area (Å²) in [6, 6.07) is 0.402. The van der Waals surface area contributed by atoms with Crippen LogP contribution in [0.3, 0.4) is 0 Å². The fourth-order valence-corrected chi connectivity index (χ4v) is 4.34. The van der Waals surface area contributed by atoms with E-state index in [-0.39, 0.29) is 5.91 Å². The summed E-state index contributed by atoms with van der Waals surface area (Å²) >= 11 is 0. The lowest BCUT2D eigenvalue weighted by molar-refractivity contribution is 0.0939. The van der Waals surface area contributed by atoms with Crippen LogP contribution >= 0.6 is 0 Å². The van der Waals surface area contributed by atoms with E-state index in [9.17, 15) is 4.79 Å². The van der Waals surface area contributed by atoms with Crippen LogP contribution in [0.4, 0.5) is 5.82 Å². The van der Waals surface area contributed by atoms with Gasteiger partial charge in [0.15, 0.2) is 0 Å². The van der Waals surface area contributed by atoms with E-state index in [1.807, 2.05) is 0 Å². The summed E-state index contributed by atoms with van der Waals surface area (Å²) in [6.45, 7) is 0. The zero-order chi connectivity index (χ0) is 13.0. The van der Waals surface area contributed by atoms with Gasteiger partial charge >= 0.3 is 0 Å². The predicted molar refractivity (Wildman–Crippen MR) is 70.6 cm³/mol. The normalized spacial score (nSPS) is 37.8. The Bertz CT molecular complexity index is 516. The highest BCUT2D eigenvalue weighted by Crippen LogP contribution is 2.65. The summed E-state index contributed by atoms with van der Waals surface area (Å²) in [5.41, 5.74) is 0.407. The molecule has 2 bridgehead atoms. The quantitative estimate of drug-likeness (QED) is 0.857. The van der Waals surface area contributed by atoms with Crippen molar-refractivity contribution in [3.8, 4) is 0 Å². The first kappa shape index (κ1) is 11.2. The summed E-state index contributed by atoms with van der Waals surface area (Å²) in [6.07, 6.45) is 7.28. The second-order valence-electron chi connectivity index (χ2n) is 6.03. The molecule has 1 amide bonds. The molecule has 1 aromatic rings. The third-order valence-electron chi connectivity index (χ3n) is 5.16. The molecule has 3 aliphatic rings. The molecule has 4 atom stereocenters. The Morgan fingerprint density at radius 1 is 1.26 bits per heavy atom. The standard InChI is InChI=1S/C14H18N4O/c1-15-10-6-16-5-9(17-10)14(19)18-13-11-7-2-3-8(4-7)12(11)13/h5-8,11-13H,2-4H2,1H3,(H,15,17)(H,18,19). The Hall–Kier alpha value is -1.65. The molecule has 19 heavy (non-hydrogen) atoms. The van der Waals surface area contributed by atoms with E-state index in [0.29, 0.717) is 17.6 Å². The number of rotatable bonds is 3. The van der Waals surface area contributed by atoms with Crippen LogP contribution in [-0.2, 0) is 0 Å². The van der Waals surface area contributed by atoms with Gasteiger partial charge in [-0.05, 0) is 42.9 Å². The molecule has 3 saturated carbocycles. The van der Waals surface area contributed by atoms with Crippen LogP contribution in [-0.4, -0.2) is 29.0 Å². The van der Waals surface area contributed by atoms with Crippen LogP contribution in [0.15, 0.2) is 12.4 Å². The van der Waals surface area contributed by atoms with Gasteiger partial charge in [0.1, 0.15) is 11.5 Å². The molecular weight excluding hydrogens is 240 g/mol. The third-order valence-corrected chi connectivity index (χ3v) is 5.16. The van der Waals surface area contributed by atoms with Gasteiger partial charge in [0, 0.05) is 13.1 Å². The van der Waals surface area contributed by atoms with Gasteiger partial charge in [-0.2, -0.15) is 0 Å². The molecule has 3 aliphatic carbocycles. The topological polar surface area (TPSA) is 66.9 Å². The SMILES string of the molecule is CNc1cncc(C(=O)NC2C3C4CCC(C4)C23)n1. The largest absolute Gasteiger partial charge is 0.372 e. The van der Waals surface area contributed by atoms with E-state index >= 15 is 0 Å². The number of amides is 1. The number of anilines is 1. The molecule has 1 aromatic heterocycles. The summed E-state index contributed by atoms with van der Waals surface area (Å²) in [5, 5.41) is 6.06. The fourth-order valence-electron chi connectivity index (χ4n) is 4.34. The van der Waals surface area contributed by atoms with Crippen molar-refractivity contribution in [1.82, 2.24) is 15.3 Å². The number of carbonyl (C=O) groups excluding carboxylic acids is 1. The first-order valence-electron chi connectivity index (χ1n) is 7.08. The number of nitrogens with zero attached hydrogens (tertiary/aromatic N) is 2. The van der Waals surface area contributed by atoms with Crippen LogP contribution in [0.25, 0.3) is 0 Å². The van der Waals surface area contributed by atoms with Crippen molar-refractivity contribution in [2.45, 2.75) is 25.3 Å². The average Bonchev–Trinajstić information content (AvgIpc) is 2.85. The monoisotopic (exact) mass is 258 g/mol. The highest BCUT2D eigenvalue weighted by Gasteiger charge is 2.65. The maximum absolute atomic E-state index is 12.2. The molecule has 1 heterocycles. The summed E-state index contributed by atoms with van der Waals surface area (Å²) in [5.74, 6) is 3.79. The number of aromatic nitrogens is 2. The molecule has 0 spiro atoms. The van der Waals surface area contributed by atoms with Gasteiger partial charge in [0.05, 0.1) is 12.4 Å². The molecule has 5 nitrogen and oxygen atoms in total. The smallest absolute Gasteiger partial charge is 0.271 e. The van der Waals surface area contributed by atoms with Gasteiger partial charge in [-0.1, -0.05) is 0 Å². The second kappa shape index (κ2) is 3.92. The highest BCUT2D eigenvalue weighted by atomic mass is 16.2. The summed E-state index contributed by atoms with van der Waals surface area (Å²) < 4.78 is 0. The minimum atomic E-state index is -0.0802. The molecule has 100 valence electrons. The minimum absolute atomic E-state index is 0.0802. The number of hydrogen-bond acceptors (Lipinski definition) is 4. The van der Waals surface area contributed by atoms with Crippen LogP contribution < -0.4 is 10.6 Å². The van der Waals surface area contributed by atoms with Gasteiger partial charge in [-0.25, -0.2) is 4.98 Å². The van der Waals surface area contributed by atoms with E-state index in [1.165, 1.54) is 25.5 Å². The Labute approximate surface area is 112 Å². The molecule has 5 heteroatoms. The zero-order valence-electron chi connectivity index (χ0n) is 11.0. The summed E-state index contributed by atoms with van der Waals surface area (Å²) in [7, 11) is 1.77. The molecule has 0 radical (unpaired) electrons. The van der Waals surface area contributed by atoms with Crippen LogP contribution in [0, 0.1) is 23.7 Å². The van der Waals surface area contributed by atoms with E-state index in [4.69, 9.17) is 0 Å². The Morgan fingerprint density at radius 2 is 2.00 bits per heavy atom. The van der Waals surface area contributed by atoms with Gasteiger partial charge in [-0.3, -0.25) is 9.78 Å². The van der Waals surface area contributed by atoms with E-state index in [0.717, 1.165) is 23.7 Å². The predicted octanol–water partition coefficient (Wildman–Crippen LogP) is 1.29. The number of fused-ring (bicyclic) bond motifs is 5. The lowest BCUT2D eigenvalue weighted by Gasteiger charge is -2.10. The molecule has 0 aliphatic heterocycles. The van der Waals surface area contributed by atoms with Crippen molar-refractivity contribution in [2.75, 3.05) is 12.4 Å². The lowest BCUT2D eigenvalue weighted by Crippen LogP contribution is -2.30. The van der Waals surface area contributed by atoms with Crippen molar-refractivity contribution in [3.05, 3.63) is 18.1 Å². The first-order chi connectivity index (χ1) is 9.28. The maximum atomic E-state index is 12.2. The van der Waals surface area contributed by atoms with Crippen LogP contribution in [0.5, 0.6) is 0 Å². The second-order valence-corrected chi connectivity index (χ2v) is 6.03. The number of nitrogens with one attached hydrogen (secondary N) is 2. The number of hydrogen-bond donors (Lipinski definition) is 2. The Balaban J connectivity index is 1.45. The summed E-state index contributed by atoms with van der Waals surface area (Å²) in [4.78, 5) is 20.5. The van der Waals surface area contributed by atoms with Crippen molar-refractivity contribution in [1.29, 1.82) is 0 Å². The first-order valence-corrected chi connectivity index (χ1v) is 7.08. The van der Waals surface area contributed by atoms with Crippen LogP contribution in [0.1, 0.15) is 29.8 Å². The van der Waals surface area contributed by atoms with Gasteiger partial charge < -0.3 is 10.6 Å². The van der Waals surface area contributed by atoms with Crippen molar-refractivity contribution >= 4 is 11.7 Å². The molecule has 0 aromatic carbocycles. The van der Waals surface area contributed by atoms with E-state index in [2.05, 4.69) is 20.6 Å². The molecular formula is C14H18N4O. The fraction of sp³-hybridized carbons (Fsp3) is 0.643. The van der Waals surface area contributed by atoms with Crippen molar-refractivity contribution in [3.63, 3.8) is 0 Å². The van der Waals surface area contributed by atoms with Crippen molar-refractivity contribution in [2.24, 2.45) is 23.7 Å². The van der Waals surface area contributed by atoms with Gasteiger partial charge in [-0.15, -0.1) is 0 Å². The minimum Gasteiger partial charge on any atom is -0.372 e. The van der Waals surface area contributed by atoms with Crippen LogP contribution in [0.2, 0.25) is 0 Å². The molecule has 3 fully saturated rings. The highest BCUT2D eigenvalue weighted by molar-refractivity contribution is 5.92. The van der Waals surface area contributed by atoms with E-state index < -0.39 is 0 Å². The zero-order valence-corrected chi connectivity index (χ0v) is 11.0. The Morgan fingerprint density at radius 3 is 2.68 bits per heavy atom. The average molecular weight is 258 g/mol. The van der Waals surface area contributed by atoms with Gasteiger partial charge in [0.25, 0.3) is 5.91 Å².